The standard InChI is InChI=1S/C16H27N3O2/c20-15-10-13-6-5-7-14(11-17-15)19(13)12-16(21)18-8-3-1-2-4-9-18/h13-14H,1-12H2,(H,17,20)/t13-,14+/m0/s1. The van der Waals surface area contributed by atoms with Gasteiger partial charge in [-0.25, -0.2) is 0 Å². The molecule has 0 aliphatic carbocycles. The molecule has 3 heterocycles. The van der Waals surface area contributed by atoms with Crippen molar-refractivity contribution in [3.8, 4) is 0 Å². The third kappa shape index (κ3) is 3.57. The number of carbonyl (C=O) groups is 2. The molecule has 3 aliphatic heterocycles. The van der Waals surface area contributed by atoms with E-state index in [2.05, 4.69) is 10.2 Å². The summed E-state index contributed by atoms with van der Waals surface area (Å²) < 4.78 is 0. The van der Waals surface area contributed by atoms with Crippen molar-refractivity contribution in [2.24, 2.45) is 0 Å². The summed E-state index contributed by atoms with van der Waals surface area (Å²) in [5, 5.41) is 3.00. The van der Waals surface area contributed by atoms with E-state index in [4.69, 9.17) is 0 Å². The lowest BCUT2D eigenvalue weighted by Crippen LogP contribution is -2.52. The molecule has 0 saturated carbocycles. The Bertz CT molecular complexity index is 391. The molecular formula is C16H27N3O2. The largest absolute Gasteiger partial charge is 0.354 e. The highest BCUT2D eigenvalue weighted by atomic mass is 16.2. The van der Waals surface area contributed by atoms with Crippen LogP contribution >= 0.6 is 0 Å². The molecule has 0 aromatic rings. The Labute approximate surface area is 127 Å². The van der Waals surface area contributed by atoms with Crippen molar-refractivity contribution in [3.63, 3.8) is 0 Å². The van der Waals surface area contributed by atoms with Crippen LogP contribution in [-0.2, 0) is 9.59 Å². The molecular weight excluding hydrogens is 266 g/mol. The molecule has 5 nitrogen and oxygen atoms in total. The Hall–Kier alpha value is -1.10. The molecule has 0 spiro atoms. The van der Waals surface area contributed by atoms with Crippen molar-refractivity contribution in [2.75, 3.05) is 26.2 Å². The number of likely N-dealkylation sites (tertiary alicyclic amines) is 1. The smallest absolute Gasteiger partial charge is 0.236 e. The second-order valence-corrected chi connectivity index (χ2v) is 6.71. The highest BCUT2D eigenvalue weighted by Gasteiger charge is 2.36. The Morgan fingerprint density at radius 1 is 1.05 bits per heavy atom. The van der Waals surface area contributed by atoms with Crippen LogP contribution in [0.2, 0.25) is 0 Å². The second-order valence-electron chi connectivity index (χ2n) is 6.71. The van der Waals surface area contributed by atoms with Crippen LogP contribution in [0.3, 0.4) is 0 Å². The predicted octanol–water partition coefficient (Wildman–Crippen LogP) is 1.13. The Morgan fingerprint density at radius 3 is 2.52 bits per heavy atom. The molecule has 5 heteroatoms. The minimum atomic E-state index is 0.150. The van der Waals surface area contributed by atoms with E-state index in [9.17, 15) is 9.59 Å². The first kappa shape index (κ1) is 14.8. The van der Waals surface area contributed by atoms with Gasteiger partial charge in [-0.05, 0) is 25.7 Å². The molecule has 0 aromatic heterocycles. The lowest BCUT2D eigenvalue weighted by atomic mass is 9.94. The van der Waals surface area contributed by atoms with Gasteiger partial charge in [-0.15, -0.1) is 0 Å². The number of amides is 2. The highest BCUT2D eigenvalue weighted by Crippen LogP contribution is 2.27. The molecule has 0 radical (unpaired) electrons. The second kappa shape index (κ2) is 6.77. The maximum absolute atomic E-state index is 12.6. The van der Waals surface area contributed by atoms with E-state index in [-0.39, 0.29) is 17.9 Å². The number of piperidine rings is 1. The zero-order chi connectivity index (χ0) is 14.7. The van der Waals surface area contributed by atoms with Crippen LogP contribution < -0.4 is 5.32 Å². The number of nitrogens with zero attached hydrogens (tertiary/aromatic N) is 2. The fourth-order valence-corrected chi connectivity index (χ4v) is 4.01. The molecule has 2 bridgehead atoms. The summed E-state index contributed by atoms with van der Waals surface area (Å²) in [7, 11) is 0. The number of nitrogens with one attached hydrogen (secondary N) is 1. The van der Waals surface area contributed by atoms with Gasteiger partial charge in [0.15, 0.2) is 0 Å². The van der Waals surface area contributed by atoms with E-state index >= 15 is 0 Å². The van der Waals surface area contributed by atoms with Gasteiger partial charge in [0.2, 0.25) is 11.8 Å². The quantitative estimate of drug-likeness (QED) is 0.830. The van der Waals surface area contributed by atoms with Gasteiger partial charge in [0.1, 0.15) is 0 Å². The molecule has 2 amide bonds. The fraction of sp³-hybridized carbons (Fsp3) is 0.875. The van der Waals surface area contributed by atoms with Gasteiger partial charge < -0.3 is 10.2 Å². The first-order chi connectivity index (χ1) is 10.2. The average Bonchev–Trinajstić information content (AvgIpc) is 2.78. The summed E-state index contributed by atoms with van der Waals surface area (Å²) in [6.45, 7) is 3.05. The number of hydrogen-bond donors (Lipinski definition) is 1. The van der Waals surface area contributed by atoms with Gasteiger partial charge in [-0.1, -0.05) is 19.3 Å². The van der Waals surface area contributed by atoms with E-state index in [0.717, 1.165) is 38.8 Å². The summed E-state index contributed by atoms with van der Waals surface area (Å²) in [6, 6.07) is 0.619. The number of carbonyl (C=O) groups excluding carboxylic acids is 2. The van der Waals surface area contributed by atoms with E-state index in [0.29, 0.717) is 25.6 Å². The lowest BCUT2D eigenvalue weighted by Gasteiger charge is -2.40. The summed E-state index contributed by atoms with van der Waals surface area (Å²) >= 11 is 0. The predicted molar refractivity (Wildman–Crippen MR) is 80.8 cm³/mol. The number of rotatable bonds is 2. The maximum atomic E-state index is 12.6. The molecule has 118 valence electrons. The van der Waals surface area contributed by atoms with Gasteiger partial charge in [0, 0.05) is 38.1 Å². The lowest BCUT2D eigenvalue weighted by molar-refractivity contribution is -0.134. The van der Waals surface area contributed by atoms with E-state index < -0.39 is 0 Å². The van der Waals surface area contributed by atoms with Crippen LogP contribution in [0.1, 0.15) is 51.4 Å². The van der Waals surface area contributed by atoms with Gasteiger partial charge in [0.25, 0.3) is 0 Å². The summed E-state index contributed by atoms with van der Waals surface area (Å²) in [5.41, 5.74) is 0. The van der Waals surface area contributed by atoms with Crippen molar-refractivity contribution in [1.29, 1.82) is 0 Å². The third-order valence-corrected chi connectivity index (χ3v) is 5.25. The summed E-state index contributed by atoms with van der Waals surface area (Å²) in [4.78, 5) is 28.8. The average molecular weight is 293 g/mol. The van der Waals surface area contributed by atoms with Crippen molar-refractivity contribution in [2.45, 2.75) is 63.5 Å². The Morgan fingerprint density at radius 2 is 1.76 bits per heavy atom. The molecule has 1 N–H and O–H groups in total. The normalized spacial score (nSPS) is 31.2. The van der Waals surface area contributed by atoms with Gasteiger partial charge >= 0.3 is 0 Å². The maximum Gasteiger partial charge on any atom is 0.236 e. The zero-order valence-corrected chi connectivity index (χ0v) is 12.9. The summed E-state index contributed by atoms with van der Waals surface area (Å²) in [5.74, 6) is 0.416. The van der Waals surface area contributed by atoms with Crippen LogP contribution in [0.4, 0.5) is 0 Å². The van der Waals surface area contributed by atoms with Crippen LogP contribution in [-0.4, -0.2) is 59.9 Å². The molecule has 3 aliphatic rings. The number of hydrogen-bond acceptors (Lipinski definition) is 3. The van der Waals surface area contributed by atoms with Crippen LogP contribution in [0, 0.1) is 0 Å². The molecule has 21 heavy (non-hydrogen) atoms. The van der Waals surface area contributed by atoms with E-state index in [1.165, 1.54) is 19.3 Å². The van der Waals surface area contributed by atoms with Gasteiger partial charge in [0.05, 0.1) is 6.54 Å². The summed E-state index contributed by atoms with van der Waals surface area (Å²) in [6.07, 6.45) is 8.66. The van der Waals surface area contributed by atoms with Gasteiger partial charge in [-0.3, -0.25) is 14.5 Å². The first-order valence-electron chi connectivity index (χ1n) is 8.54. The molecule has 3 fully saturated rings. The Kier molecular flexibility index (Phi) is 4.78. The van der Waals surface area contributed by atoms with Gasteiger partial charge in [-0.2, -0.15) is 0 Å². The minimum Gasteiger partial charge on any atom is -0.354 e. The molecule has 3 saturated heterocycles. The third-order valence-electron chi connectivity index (χ3n) is 5.25. The topological polar surface area (TPSA) is 52.7 Å². The number of fused-ring (bicyclic) bond motifs is 2. The zero-order valence-electron chi connectivity index (χ0n) is 12.9. The minimum absolute atomic E-state index is 0.150. The monoisotopic (exact) mass is 293 g/mol. The Balaban J connectivity index is 1.64. The SMILES string of the molecule is O=C1C[C@@H]2CCC[C@H](CN1)N2CC(=O)N1CCCCCC1. The van der Waals surface area contributed by atoms with Crippen LogP contribution in [0.5, 0.6) is 0 Å². The molecule has 0 unspecified atom stereocenters. The fourth-order valence-electron chi connectivity index (χ4n) is 4.01. The molecule has 3 rings (SSSR count). The van der Waals surface area contributed by atoms with E-state index in [1.807, 2.05) is 4.90 Å². The van der Waals surface area contributed by atoms with Crippen molar-refractivity contribution >= 4 is 11.8 Å². The van der Waals surface area contributed by atoms with Crippen LogP contribution in [0.15, 0.2) is 0 Å². The highest BCUT2D eigenvalue weighted by molar-refractivity contribution is 5.79. The van der Waals surface area contributed by atoms with Crippen molar-refractivity contribution in [1.82, 2.24) is 15.1 Å². The van der Waals surface area contributed by atoms with E-state index in [1.54, 1.807) is 0 Å². The van der Waals surface area contributed by atoms with Crippen molar-refractivity contribution < 1.29 is 9.59 Å². The molecule has 2 atom stereocenters. The molecule has 0 aromatic carbocycles. The first-order valence-corrected chi connectivity index (χ1v) is 8.54. The van der Waals surface area contributed by atoms with Crippen molar-refractivity contribution in [3.05, 3.63) is 0 Å². The van der Waals surface area contributed by atoms with Crippen LogP contribution in [0.25, 0.3) is 0 Å².